The third-order valence-corrected chi connectivity index (χ3v) is 6.18. The molecule has 30 heavy (non-hydrogen) atoms. The largest absolute Gasteiger partial charge is 0.484 e. The summed E-state index contributed by atoms with van der Waals surface area (Å²) in [6.45, 7) is 5.70. The molecule has 0 aromatic heterocycles. The number of benzene rings is 2. The van der Waals surface area contributed by atoms with Crippen LogP contribution in [0.25, 0.3) is 0 Å². The maximum Gasteiger partial charge on any atom is 0.260 e. The van der Waals surface area contributed by atoms with Crippen molar-refractivity contribution in [1.29, 1.82) is 0 Å². The minimum absolute atomic E-state index is 0.0401. The number of anilines is 1. The lowest BCUT2D eigenvalue weighted by Crippen LogP contribution is -2.49. The van der Waals surface area contributed by atoms with Crippen molar-refractivity contribution in [2.45, 2.75) is 18.9 Å². The molecule has 2 aromatic carbocycles. The van der Waals surface area contributed by atoms with Gasteiger partial charge in [-0.1, -0.05) is 23.7 Å². The van der Waals surface area contributed by atoms with Crippen LogP contribution in [0, 0.1) is 0 Å². The summed E-state index contributed by atoms with van der Waals surface area (Å²) in [7, 11) is 0. The Balaban J connectivity index is 1.24. The monoisotopic (exact) mass is 428 g/mol. The second-order valence-electron chi connectivity index (χ2n) is 7.98. The first-order valence-corrected chi connectivity index (χ1v) is 11.0. The van der Waals surface area contributed by atoms with Gasteiger partial charge in [0.05, 0.1) is 0 Å². The third kappa shape index (κ3) is 5.06. The van der Waals surface area contributed by atoms with E-state index in [1.807, 2.05) is 35.2 Å². The van der Waals surface area contributed by atoms with Crippen LogP contribution in [-0.2, 0) is 11.3 Å². The van der Waals surface area contributed by atoms with E-state index < -0.39 is 0 Å². The standard InChI is InChI=1S/C23H29ClN4O2/c24-19-3-1-17(2-4-19)15-27-9-11-28(12-10-27)23(29)16-30-20-5-6-22-21(13-20)18(7-8-25)14-26-22/h1-6,13,18,26H,7-12,14-16,25H2. The van der Waals surface area contributed by atoms with Crippen LogP contribution in [0.5, 0.6) is 5.75 Å². The predicted molar refractivity (Wildman–Crippen MR) is 120 cm³/mol. The van der Waals surface area contributed by atoms with E-state index in [1.165, 1.54) is 11.1 Å². The molecule has 0 bridgehead atoms. The van der Waals surface area contributed by atoms with Crippen molar-refractivity contribution in [1.82, 2.24) is 9.80 Å². The van der Waals surface area contributed by atoms with Gasteiger partial charge in [-0.15, -0.1) is 0 Å². The molecule has 2 aromatic rings. The lowest BCUT2D eigenvalue weighted by molar-refractivity contribution is -0.135. The average molecular weight is 429 g/mol. The van der Waals surface area contributed by atoms with E-state index in [-0.39, 0.29) is 12.5 Å². The van der Waals surface area contributed by atoms with Crippen LogP contribution >= 0.6 is 11.6 Å². The zero-order valence-electron chi connectivity index (χ0n) is 17.1. The number of carbonyl (C=O) groups is 1. The molecule has 0 aliphatic carbocycles. The number of hydrogen-bond donors (Lipinski definition) is 2. The highest BCUT2D eigenvalue weighted by Crippen LogP contribution is 2.35. The third-order valence-electron chi connectivity index (χ3n) is 5.92. The number of piperazine rings is 1. The van der Waals surface area contributed by atoms with Crippen LogP contribution in [0.4, 0.5) is 5.69 Å². The van der Waals surface area contributed by atoms with Crippen molar-refractivity contribution in [3.8, 4) is 5.75 Å². The summed E-state index contributed by atoms with van der Waals surface area (Å²) in [5, 5.41) is 4.16. The first-order valence-electron chi connectivity index (χ1n) is 10.6. The van der Waals surface area contributed by atoms with Gasteiger partial charge >= 0.3 is 0 Å². The molecule has 0 radical (unpaired) electrons. The average Bonchev–Trinajstić information content (AvgIpc) is 3.17. The van der Waals surface area contributed by atoms with E-state index in [4.69, 9.17) is 22.1 Å². The molecule has 0 spiro atoms. The van der Waals surface area contributed by atoms with Gasteiger partial charge in [-0.2, -0.15) is 0 Å². The van der Waals surface area contributed by atoms with Crippen LogP contribution in [0.3, 0.4) is 0 Å². The molecule has 1 saturated heterocycles. The number of hydrogen-bond acceptors (Lipinski definition) is 5. The fourth-order valence-electron chi connectivity index (χ4n) is 4.17. The fraction of sp³-hybridized carbons (Fsp3) is 0.435. The van der Waals surface area contributed by atoms with E-state index in [0.717, 1.165) is 62.1 Å². The number of rotatable bonds is 7. The first kappa shape index (κ1) is 21.0. The molecule has 6 nitrogen and oxygen atoms in total. The predicted octanol–water partition coefficient (Wildman–Crippen LogP) is 2.92. The van der Waals surface area contributed by atoms with Gasteiger partial charge in [-0.25, -0.2) is 0 Å². The van der Waals surface area contributed by atoms with E-state index in [2.05, 4.69) is 22.3 Å². The van der Waals surface area contributed by atoms with Crippen LogP contribution < -0.4 is 15.8 Å². The Morgan fingerprint density at radius 3 is 2.63 bits per heavy atom. The smallest absolute Gasteiger partial charge is 0.260 e. The molecule has 7 heteroatoms. The van der Waals surface area contributed by atoms with Crippen LogP contribution in [0.1, 0.15) is 23.5 Å². The van der Waals surface area contributed by atoms with Gasteiger partial charge in [0.15, 0.2) is 6.61 Å². The van der Waals surface area contributed by atoms with Gasteiger partial charge in [0.2, 0.25) is 0 Å². The normalized spacial score (nSPS) is 18.7. The maximum absolute atomic E-state index is 12.6. The molecule has 0 saturated carbocycles. The Bertz CT molecular complexity index is 864. The SMILES string of the molecule is NCCC1CNc2ccc(OCC(=O)N3CCN(Cc4ccc(Cl)cc4)CC3)cc21. The lowest BCUT2D eigenvalue weighted by Gasteiger charge is -2.34. The quantitative estimate of drug-likeness (QED) is 0.709. The molecule has 3 N–H and O–H groups in total. The Morgan fingerprint density at radius 2 is 1.90 bits per heavy atom. The van der Waals surface area contributed by atoms with Crippen molar-refractivity contribution in [3.05, 3.63) is 58.6 Å². The second kappa shape index (κ2) is 9.69. The van der Waals surface area contributed by atoms with Crippen LogP contribution in [0.15, 0.2) is 42.5 Å². The minimum atomic E-state index is 0.0401. The molecular weight excluding hydrogens is 400 g/mol. The number of fused-ring (bicyclic) bond motifs is 1. The van der Waals surface area contributed by atoms with Crippen molar-refractivity contribution >= 4 is 23.2 Å². The van der Waals surface area contributed by atoms with Gasteiger partial charge in [-0.3, -0.25) is 9.69 Å². The highest BCUT2D eigenvalue weighted by atomic mass is 35.5. The zero-order chi connectivity index (χ0) is 20.9. The van der Waals surface area contributed by atoms with E-state index in [9.17, 15) is 4.79 Å². The number of nitrogens with one attached hydrogen (secondary N) is 1. The van der Waals surface area contributed by atoms with Crippen LogP contribution in [0.2, 0.25) is 5.02 Å². The van der Waals surface area contributed by atoms with Gasteiger partial charge in [-0.05, 0) is 54.4 Å². The molecule has 4 rings (SSSR count). The van der Waals surface area contributed by atoms with Crippen molar-refractivity contribution in [2.24, 2.45) is 5.73 Å². The number of amides is 1. The molecule has 160 valence electrons. The fourth-order valence-corrected chi connectivity index (χ4v) is 4.30. The van der Waals surface area contributed by atoms with Gasteiger partial charge in [0.25, 0.3) is 5.91 Å². The van der Waals surface area contributed by atoms with E-state index in [0.29, 0.717) is 12.5 Å². The highest BCUT2D eigenvalue weighted by molar-refractivity contribution is 6.30. The summed E-state index contributed by atoms with van der Waals surface area (Å²) in [5.74, 6) is 1.20. The van der Waals surface area contributed by atoms with Crippen molar-refractivity contribution < 1.29 is 9.53 Å². The Labute approximate surface area is 182 Å². The summed E-state index contributed by atoms with van der Waals surface area (Å²) in [5.41, 5.74) is 9.34. The van der Waals surface area contributed by atoms with Crippen LogP contribution in [-0.4, -0.2) is 61.6 Å². The molecule has 1 unspecified atom stereocenters. The molecule has 2 heterocycles. The minimum Gasteiger partial charge on any atom is -0.484 e. The summed E-state index contributed by atoms with van der Waals surface area (Å²) in [4.78, 5) is 16.9. The summed E-state index contributed by atoms with van der Waals surface area (Å²) in [6.07, 6.45) is 0.947. The molecule has 1 fully saturated rings. The maximum atomic E-state index is 12.6. The molecule has 1 atom stereocenters. The van der Waals surface area contributed by atoms with E-state index in [1.54, 1.807) is 0 Å². The second-order valence-corrected chi connectivity index (χ2v) is 8.41. The Morgan fingerprint density at radius 1 is 1.13 bits per heavy atom. The highest BCUT2D eigenvalue weighted by Gasteiger charge is 2.23. The van der Waals surface area contributed by atoms with Crippen molar-refractivity contribution in [3.63, 3.8) is 0 Å². The molecule has 2 aliphatic rings. The van der Waals surface area contributed by atoms with Crippen molar-refractivity contribution in [2.75, 3.05) is 51.2 Å². The molecular formula is C23H29ClN4O2. The first-order chi connectivity index (χ1) is 14.6. The summed E-state index contributed by atoms with van der Waals surface area (Å²) in [6, 6.07) is 13.9. The number of nitrogens with two attached hydrogens (primary N) is 1. The zero-order valence-corrected chi connectivity index (χ0v) is 17.9. The van der Waals surface area contributed by atoms with Gasteiger partial charge < -0.3 is 20.7 Å². The molecule has 1 amide bonds. The van der Waals surface area contributed by atoms with Gasteiger partial charge in [0.1, 0.15) is 5.75 Å². The number of halogens is 1. The van der Waals surface area contributed by atoms with E-state index >= 15 is 0 Å². The molecule has 2 aliphatic heterocycles. The summed E-state index contributed by atoms with van der Waals surface area (Å²) >= 11 is 5.95. The lowest BCUT2D eigenvalue weighted by atomic mass is 9.98. The number of nitrogens with zero attached hydrogens (tertiary/aromatic N) is 2. The Kier molecular flexibility index (Phi) is 6.77. The Hall–Kier alpha value is -2.28. The number of ether oxygens (including phenoxy) is 1. The topological polar surface area (TPSA) is 70.8 Å². The summed E-state index contributed by atoms with van der Waals surface area (Å²) < 4.78 is 5.83. The number of carbonyl (C=O) groups excluding carboxylic acids is 1. The van der Waals surface area contributed by atoms with Gasteiger partial charge in [0, 0.05) is 55.9 Å².